The van der Waals surface area contributed by atoms with Crippen molar-refractivity contribution >= 4 is 36.3 Å². The first-order valence-electron chi connectivity index (χ1n) is 7.89. The molecule has 0 radical (unpaired) electrons. The molecular formula is C14H24N4O6S. The van der Waals surface area contributed by atoms with Crippen molar-refractivity contribution in [3.63, 3.8) is 0 Å². The van der Waals surface area contributed by atoms with Gasteiger partial charge >= 0.3 is 5.97 Å². The van der Waals surface area contributed by atoms with Crippen molar-refractivity contribution < 1.29 is 29.4 Å². The summed E-state index contributed by atoms with van der Waals surface area (Å²) in [6.45, 7) is 1.33. The Morgan fingerprint density at radius 1 is 1.16 bits per heavy atom. The average Bonchev–Trinajstić information content (AvgIpc) is 3.11. The predicted molar refractivity (Wildman–Crippen MR) is 91.1 cm³/mol. The minimum atomic E-state index is -1.46. The number of hydrogen-bond donors (Lipinski definition) is 7. The van der Waals surface area contributed by atoms with E-state index in [0.717, 1.165) is 13.0 Å². The molecular weight excluding hydrogens is 352 g/mol. The maximum Gasteiger partial charge on any atom is 0.328 e. The van der Waals surface area contributed by atoms with Crippen LogP contribution in [0.25, 0.3) is 0 Å². The van der Waals surface area contributed by atoms with Crippen molar-refractivity contribution in [3.8, 4) is 0 Å². The summed E-state index contributed by atoms with van der Waals surface area (Å²) in [5.41, 5.74) is 0. The van der Waals surface area contributed by atoms with Crippen LogP contribution in [0.2, 0.25) is 0 Å². The van der Waals surface area contributed by atoms with Crippen LogP contribution in [-0.4, -0.2) is 77.0 Å². The Kier molecular flexibility index (Phi) is 8.66. The zero-order chi connectivity index (χ0) is 19.0. The summed E-state index contributed by atoms with van der Waals surface area (Å²) >= 11 is 4.04. The highest BCUT2D eigenvalue weighted by molar-refractivity contribution is 7.80. The summed E-state index contributed by atoms with van der Waals surface area (Å²) in [7, 11) is 0. The van der Waals surface area contributed by atoms with Crippen molar-refractivity contribution in [2.75, 3.05) is 18.9 Å². The number of carbonyl (C=O) groups is 4. The highest BCUT2D eigenvalue weighted by Crippen LogP contribution is 2.05. The lowest BCUT2D eigenvalue weighted by atomic mass is 10.2. The average molecular weight is 376 g/mol. The molecule has 0 aromatic heterocycles. The fourth-order valence-electron chi connectivity index (χ4n) is 2.24. The predicted octanol–water partition coefficient (Wildman–Crippen LogP) is -2.78. The molecule has 11 heteroatoms. The Morgan fingerprint density at radius 3 is 2.32 bits per heavy atom. The number of carbonyl (C=O) groups excluding carboxylic acids is 3. The molecule has 4 unspecified atom stereocenters. The van der Waals surface area contributed by atoms with E-state index in [4.69, 9.17) is 10.2 Å². The van der Waals surface area contributed by atoms with Crippen LogP contribution in [0, 0.1) is 0 Å². The molecule has 6 N–H and O–H groups in total. The van der Waals surface area contributed by atoms with Crippen molar-refractivity contribution in [1.29, 1.82) is 0 Å². The van der Waals surface area contributed by atoms with Gasteiger partial charge in [-0.15, -0.1) is 0 Å². The quantitative estimate of drug-likeness (QED) is 0.215. The molecule has 1 aliphatic rings. The highest BCUT2D eigenvalue weighted by atomic mass is 32.1. The second-order valence-corrected chi connectivity index (χ2v) is 6.07. The van der Waals surface area contributed by atoms with Gasteiger partial charge in [0.1, 0.15) is 18.1 Å². The lowest BCUT2D eigenvalue weighted by Gasteiger charge is -2.22. The van der Waals surface area contributed by atoms with Gasteiger partial charge in [-0.05, 0) is 26.3 Å². The molecule has 1 fully saturated rings. The van der Waals surface area contributed by atoms with E-state index in [1.807, 2.05) is 0 Å². The number of amides is 3. The maximum atomic E-state index is 12.2. The van der Waals surface area contributed by atoms with Crippen LogP contribution < -0.4 is 21.3 Å². The molecule has 1 saturated heterocycles. The normalized spacial score (nSPS) is 20.2. The molecule has 1 heterocycles. The van der Waals surface area contributed by atoms with E-state index in [1.54, 1.807) is 0 Å². The van der Waals surface area contributed by atoms with Gasteiger partial charge in [-0.3, -0.25) is 14.4 Å². The fraction of sp³-hybridized carbons (Fsp3) is 0.714. The Bertz CT molecular complexity index is 512. The molecule has 142 valence electrons. The second kappa shape index (κ2) is 10.2. The van der Waals surface area contributed by atoms with Crippen LogP contribution in [0.1, 0.15) is 19.8 Å². The molecule has 3 amide bonds. The van der Waals surface area contributed by atoms with Crippen molar-refractivity contribution in [2.45, 2.75) is 43.9 Å². The second-order valence-electron chi connectivity index (χ2n) is 5.70. The molecule has 0 spiro atoms. The van der Waals surface area contributed by atoms with E-state index >= 15 is 0 Å². The molecule has 0 aromatic carbocycles. The van der Waals surface area contributed by atoms with E-state index in [1.165, 1.54) is 6.92 Å². The smallest absolute Gasteiger partial charge is 0.328 e. The van der Waals surface area contributed by atoms with E-state index in [9.17, 15) is 19.2 Å². The lowest BCUT2D eigenvalue weighted by molar-refractivity contribution is -0.143. The minimum Gasteiger partial charge on any atom is -0.480 e. The van der Waals surface area contributed by atoms with Crippen molar-refractivity contribution in [1.82, 2.24) is 21.3 Å². The summed E-state index contributed by atoms with van der Waals surface area (Å²) in [6, 6.07) is -3.79. The van der Waals surface area contributed by atoms with Gasteiger partial charge in [-0.25, -0.2) is 4.79 Å². The summed E-state index contributed by atoms with van der Waals surface area (Å²) in [6.07, 6.45) is 1.56. The van der Waals surface area contributed by atoms with Crippen LogP contribution in [0.5, 0.6) is 0 Å². The number of carboxylic acid groups (broad SMARTS) is 1. The topological polar surface area (TPSA) is 157 Å². The highest BCUT2D eigenvalue weighted by Gasteiger charge is 2.29. The molecule has 1 rings (SSSR count). The van der Waals surface area contributed by atoms with Gasteiger partial charge < -0.3 is 31.5 Å². The number of hydrogen-bond acceptors (Lipinski definition) is 7. The van der Waals surface area contributed by atoms with Crippen LogP contribution in [0.3, 0.4) is 0 Å². The van der Waals surface area contributed by atoms with Gasteiger partial charge in [0.2, 0.25) is 17.7 Å². The van der Waals surface area contributed by atoms with Crippen molar-refractivity contribution in [2.24, 2.45) is 0 Å². The number of carboxylic acids is 1. The first-order valence-corrected chi connectivity index (χ1v) is 8.52. The molecule has 25 heavy (non-hydrogen) atoms. The number of aliphatic carboxylic acids is 1. The Hall–Kier alpha value is -1.85. The summed E-state index contributed by atoms with van der Waals surface area (Å²) in [5.74, 6) is -3.04. The van der Waals surface area contributed by atoms with Gasteiger partial charge in [0, 0.05) is 5.75 Å². The number of rotatable bonds is 9. The van der Waals surface area contributed by atoms with Crippen LogP contribution >= 0.6 is 12.6 Å². The molecule has 0 aliphatic carbocycles. The van der Waals surface area contributed by atoms with Crippen LogP contribution in [-0.2, 0) is 19.2 Å². The standard InChI is InChI=1S/C14H24N4O6S/c1-7(11(20)17-9(5-19)14(23)24)16-13(22)10(6-25)18-12(21)8-3-2-4-15-8/h7-10,15,19,25H,2-6H2,1H3,(H,16,22)(H,17,20)(H,18,21)(H,23,24). The number of aliphatic hydroxyl groups is 1. The van der Waals surface area contributed by atoms with Gasteiger partial charge in [-0.1, -0.05) is 0 Å². The largest absolute Gasteiger partial charge is 0.480 e. The molecule has 0 saturated carbocycles. The molecule has 10 nitrogen and oxygen atoms in total. The van der Waals surface area contributed by atoms with Crippen molar-refractivity contribution in [3.05, 3.63) is 0 Å². The Balaban J connectivity index is 2.54. The van der Waals surface area contributed by atoms with E-state index in [2.05, 4.69) is 33.9 Å². The van der Waals surface area contributed by atoms with Gasteiger partial charge in [-0.2, -0.15) is 12.6 Å². The summed E-state index contributed by atoms with van der Waals surface area (Å²) in [5, 5.41) is 27.7. The SMILES string of the molecule is CC(NC(=O)C(CS)NC(=O)C1CCCN1)C(=O)NC(CO)C(=O)O. The van der Waals surface area contributed by atoms with Gasteiger partial charge in [0.25, 0.3) is 0 Å². The van der Waals surface area contributed by atoms with E-state index < -0.39 is 42.5 Å². The first kappa shape index (κ1) is 21.2. The van der Waals surface area contributed by atoms with Crippen LogP contribution in [0.15, 0.2) is 0 Å². The van der Waals surface area contributed by atoms with Gasteiger partial charge in [0.15, 0.2) is 0 Å². The maximum absolute atomic E-state index is 12.2. The number of thiol groups is 1. The van der Waals surface area contributed by atoms with E-state index in [0.29, 0.717) is 6.42 Å². The zero-order valence-electron chi connectivity index (χ0n) is 13.8. The molecule has 0 aromatic rings. The molecule has 0 bridgehead atoms. The van der Waals surface area contributed by atoms with Crippen LogP contribution in [0.4, 0.5) is 0 Å². The number of aliphatic hydroxyl groups excluding tert-OH is 1. The molecule has 1 aliphatic heterocycles. The number of nitrogens with one attached hydrogen (secondary N) is 4. The third-order valence-electron chi connectivity index (χ3n) is 3.74. The zero-order valence-corrected chi connectivity index (χ0v) is 14.7. The summed E-state index contributed by atoms with van der Waals surface area (Å²) < 4.78 is 0. The molecule has 4 atom stereocenters. The minimum absolute atomic E-state index is 0.0347. The Morgan fingerprint density at radius 2 is 1.84 bits per heavy atom. The van der Waals surface area contributed by atoms with Gasteiger partial charge in [0.05, 0.1) is 12.6 Å². The monoisotopic (exact) mass is 376 g/mol. The Labute approximate surface area is 150 Å². The fourth-order valence-corrected chi connectivity index (χ4v) is 2.49. The van der Waals surface area contributed by atoms with E-state index in [-0.39, 0.29) is 17.7 Å². The third kappa shape index (κ3) is 6.52. The lowest BCUT2D eigenvalue weighted by Crippen LogP contribution is -2.57. The third-order valence-corrected chi connectivity index (χ3v) is 4.11. The summed E-state index contributed by atoms with van der Waals surface area (Å²) in [4.78, 5) is 46.9. The first-order chi connectivity index (χ1) is 11.8.